The molecule has 0 aliphatic heterocycles. The fraction of sp³-hybridized carbons (Fsp3) is 0.214. The van der Waals surface area contributed by atoms with Crippen LogP contribution in [-0.2, 0) is 6.54 Å². The highest BCUT2D eigenvalue weighted by Crippen LogP contribution is 2.31. The van der Waals surface area contributed by atoms with E-state index in [-0.39, 0.29) is 0 Å². The molecule has 6 heteroatoms. The van der Waals surface area contributed by atoms with Gasteiger partial charge in [-0.2, -0.15) is 5.10 Å². The summed E-state index contributed by atoms with van der Waals surface area (Å²) in [7, 11) is 0. The lowest BCUT2D eigenvalue weighted by atomic mass is 10.1. The summed E-state index contributed by atoms with van der Waals surface area (Å²) >= 11 is 11.5. The van der Waals surface area contributed by atoms with E-state index in [0.717, 1.165) is 34.5 Å². The minimum atomic E-state index is 0.618. The van der Waals surface area contributed by atoms with Crippen LogP contribution < -0.4 is 0 Å². The highest BCUT2D eigenvalue weighted by molar-refractivity contribution is 7.71. The largest absolute Gasteiger partial charge is 0.300 e. The zero-order valence-corrected chi connectivity index (χ0v) is 12.7. The Balaban J connectivity index is 2.42. The normalized spacial score (nSPS) is 11.2. The summed E-state index contributed by atoms with van der Waals surface area (Å²) in [5.74, 6) is 0.815. The fourth-order valence-electron chi connectivity index (χ4n) is 2.34. The first kappa shape index (κ1) is 13.3. The highest BCUT2D eigenvalue weighted by atomic mass is 35.5. The molecule has 0 saturated carbocycles. The van der Waals surface area contributed by atoms with Crippen molar-refractivity contribution in [1.29, 1.82) is 0 Å². The summed E-state index contributed by atoms with van der Waals surface area (Å²) in [5.41, 5.74) is 2.68. The zero-order valence-electron chi connectivity index (χ0n) is 11.1. The zero-order chi connectivity index (χ0) is 14.3. The summed E-state index contributed by atoms with van der Waals surface area (Å²) in [6.07, 6.45) is 0. The van der Waals surface area contributed by atoms with Gasteiger partial charge in [-0.25, -0.2) is 0 Å². The third-order valence-electron chi connectivity index (χ3n) is 3.23. The maximum absolute atomic E-state index is 6.25. The second-order valence-corrected chi connectivity index (χ2v) is 5.34. The monoisotopic (exact) mass is 304 g/mol. The number of aromatic nitrogens is 4. The van der Waals surface area contributed by atoms with Gasteiger partial charge in [0.15, 0.2) is 10.6 Å². The molecule has 1 N–H and O–H groups in total. The minimum absolute atomic E-state index is 0.618. The highest BCUT2D eigenvalue weighted by Gasteiger charge is 2.14. The van der Waals surface area contributed by atoms with Gasteiger partial charge in [0.25, 0.3) is 0 Å². The number of benzene rings is 1. The SMILES string of the molecule is CCn1c(-c2cc(C)nc3c(Cl)cccc23)n[nH]c1=S. The first-order valence-corrected chi connectivity index (χ1v) is 7.12. The number of hydrogen-bond donors (Lipinski definition) is 1. The van der Waals surface area contributed by atoms with Crippen LogP contribution in [0, 0.1) is 11.7 Å². The van der Waals surface area contributed by atoms with E-state index < -0.39 is 0 Å². The number of fused-ring (bicyclic) bond motifs is 1. The number of H-pyrrole nitrogens is 1. The molecule has 1 aromatic carbocycles. The van der Waals surface area contributed by atoms with Crippen molar-refractivity contribution in [2.75, 3.05) is 0 Å². The molecule has 0 bridgehead atoms. The molecule has 0 radical (unpaired) electrons. The predicted octanol–water partition coefficient (Wildman–Crippen LogP) is 4.14. The Bertz CT molecular complexity index is 850. The molecule has 0 atom stereocenters. The van der Waals surface area contributed by atoms with Crippen LogP contribution in [0.15, 0.2) is 24.3 Å². The summed E-state index contributed by atoms with van der Waals surface area (Å²) < 4.78 is 2.58. The number of pyridine rings is 1. The lowest BCUT2D eigenvalue weighted by Gasteiger charge is -2.09. The van der Waals surface area contributed by atoms with Crippen molar-refractivity contribution >= 4 is 34.7 Å². The van der Waals surface area contributed by atoms with E-state index in [1.165, 1.54) is 0 Å². The van der Waals surface area contributed by atoms with Crippen LogP contribution in [0.4, 0.5) is 0 Å². The van der Waals surface area contributed by atoms with Gasteiger partial charge in [-0.3, -0.25) is 10.1 Å². The Morgan fingerprint density at radius 2 is 2.20 bits per heavy atom. The molecule has 2 heterocycles. The molecule has 4 nitrogen and oxygen atoms in total. The van der Waals surface area contributed by atoms with Crippen LogP contribution in [0.3, 0.4) is 0 Å². The summed E-state index contributed by atoms with van der Waals surface area (Å²) in [5, 5.41) is 8.82. The third kappa shape index (κ3) is 2.03. The topological polar surface area (TPSA) is 46.5 Å². The van der Waals surface area contributed by atoms with Crippen LogP contribution in [0.1, 0.15) is 12.6 Å². The molecule has 2 aromatic heterocycles. The van der Waals surface area contributed by atoms with Gasteiger partial charge in [-0.1, -0.05) is 23.7 Å². The Labute approximate surface area is 126 Å². The Morgan fingerprint density at radius 1 is 1.40 bits per heavy atom. The van der Waals surface area contributed by atoms with Crippen molar-refractivity contribution in [3.05, 3.63) is 39.8 Å². The number of halogens is 1. The number of rotatable bonds is 2. The molecule has 0 aliphatic carbocycles. The molecule has 0 amide bonds. The van der Waals surface area contributed by atoms with Crippen LogP contribution >= 0.6 is 23.8 Å². The first-order valence-electron chi connectivity index (χ1n) is 6.33. The number of nitrogens with zero attached hydrogens (tertiary/aromatic N) is 3. The van der Waals surface area contributed by atoms with Crippen LogP contribution in [-0.4, -0.2) is 19.7 Å². The van der Waals surface area contributed by atoms with Gasteiger partial charge in [0.2, 0.25) is 0 Å². The molecule has 0 aliphatic rings. The van der Waals surface area contributed by atoms with Crippen molar-refractivity contribution in [3.8, 4) is 11.4 Å². The van der Waals surface area contributed by atoms with E-state index in [2.05, 4.69) is 15.2 Å². The van der Waals surface area contributed by atoms with E-state index in [1.807, 2.05) is 42.7 Å². The fourth-order valence-corrected chi connectivity index (χ4v) is 2.82. The molecular weight excluding hydrogens is 292 g/mol. The van der Waals surface area contributed by atoms with E-state index in [4.69, 9.17) is 23.8 Å². The maximum atomic E-state index is 6.25. The van der Waals surface area contributed by atoms with E-state index in [0.29, 0.717) is 9.79 Å². The first-order chi connectivity index (χ1) is 9.61. The average Bonchev–Trinajstić information content (AvgIpc) is 2.80. The third-order valence-corrected chi connectivity index (χ3v) is 3.85. The van der Waals surface area contributed by atoms with E-state index in [1.54, 1.807) is 0 Å². The molecule has 0 saturated heterocycles. The molecule has 0 unspecified atom stereocenters. The predicted molar refractivity (Wildman–Crippen MR) is 83.6 cm³/mol. The Hall–Kier alpha value is -1.72. The number of hydrogen-bond acceptors (Lipinski definition) is 3. The minimum Gasteiger partial charge on any atom is -0.300 e. The molecule has 0 spiro atoms. The van der Waals surface area contributed by atoms with Gasteiger partial charge in [0.1, 0.15) is 0 Å². The van der Waals surface area contributed by atoms with Crippen LogP contribution in [0.5, 0.6) is 0 Å². The standard InChI is InChI=1S/C14H13ClN4S/c1-3-19-13(17-18-14(19)20)10-7-8(2)16-12-9(10)5-4-6-11(12)15/h4-7H,3H2,1-2H3,(H,18,20). The van der Waals surface area contributed by atoms with Crippen molar-refractivity contribution in [1.82, 2.24) is 19.7 Å². The second-order valence-electron chi connectivity index (χ2n) is 4.54. The van der Waals surface area contributed by atoms with Crippen molar-refractivity contribution in [3.63, 3.8) is 0 Å². The van der Waals surface area contributed by atoms with Crippen LogP contribution in [0.25, 0.3) is 22.3 Å². The van der Waals surface area contributed by atoms with Crippen molar-refractivity contribution < 1.29 is 0 Å². The number of aromatic amines is 1. The van der Waals surface area contributed by atoms with Crippen LogP contribution in [0.2, 0.25) is 5.02 Å². The summed E-state index contributed by atoms with van der Waals surface area (Å²) in [4.78, 5) is 4.52. The molecule has 3 aromatic rings. The summed E-state index contributed by atoms with van der Waals surface area (Å²) in [6.45, 7) is 4.75. The van der Waals surface area contributed by atoms with Gasteiger partial charge in [0, 0.05) is 23.2 Å². The number of aryl methyl sites for hydroxylation is 1. The second kappa shape index (κ2) is 5.00. The van der Waals surface area contributed by atoms with Gasteiger partial charge >= 0.3 is 0 Å². The lowest BCUT2D eigenvalue weighted by molar-refractivity contribution is 0.756. The van der Waals surface area contributed by atoms with E-state index >= 15 is 0 Å². The average molecular weight is 305 g/mol. The number of para-hydroxylation sites is 1. The van der Waals surface area contributed by atoms with Gasteiger partial charge in [-0.15, -0.1) is 0 Å². The molecule has 20 heavy (non-hydrogen) atoms. The molecular formula is C14H13ClN4S. The van der Waals surface area contributed by atoms with E-state index in [9.17, 15) is 0 Å². The molecule has 3 rings (SSSR count). The maximum Gasteiger partial charge on any atom is 0.195 e. The smallest absolute Gasteiger partial charge is 0.195 e. The molecule has 0 fully saturated rings. The summed E-state index contributed by atoms with van der Waals surface area (Å²) in [6, 6.07) is 7.77. The Kier molecular flexibility index (Phi) is 3.31. The molecule has 102 valence electrons. The van der Waals surface area contributed by atoms with Gasteiger partial charge in [-0.05, 0) is 38.2 Å². The van der Waals surface area contributed by atoms with Gasteiger partial charge < -0.3 is 4.57 Å². The number of nitrogens with one attached hydrogen (secondary N) is 1. The lowest BCUT2D eigenvalue weighted by Crippen LogP contribution is -1.99. The van der Waals surface area contributed by atoms with Crippen molar-refractivity contribution in [2.45, 2.75) is 20.4 Å². The van der Waals surface area contributed by atoms with Gasteiger partial charge in [0.05, 0.1) is 10.5 Å². The van der Waals surface area contributed by atoms with Crippen molar-refractivity contribution in [2.24, 2.45) is 0 Å². The Morgan fingerprint density at radius 3 is 2.95 bits per heavy atom. The quantitative estimate of drug-likeness (QED) is 0.724.